The molecule has 1 unspecified atom stereocenters. The molecule has 0 bridgehead atoms. The van der Waals surface area contributed by atoms with E-state index in [1.165, 1.54) is 35.1 Å². The van der Waals surface area contributed by atoms with Gasteiger partial charge in [0.05, 0.1) is 18.7 Å². The molecule has 1 atom stereocenters. The maximum atomic E-state index is 13.3. The quantitative estimate of drug-likeness (QED) is 0.105. The maximum absolute atomic E-state index is 13.3. The molecular weight excluding hydrogens is 532 g/mol. The minimum absolute atomic E-state index is 0.0352. The first kappa shape index (κ1) is 24.9. The van der Waals surface area contributed by atoms with Gasteiger partial charge in [-0.05, 0) is 59.7 Å². The molecule has 2 aromatic heterocycles. The van der Waals surface area contributed by atoms with Crippen LogP contribution in [-0.4, -0.2) is 39.1 Å². The Labute approximate surface area is 225 Å². The number of carbonyl (C=O) groups is 2. The van der Waals surface area contributed by atoms with E-state index in [1.54, 1.807) is 48.8 Å². The number of benzene rings is 2. The number of ketones is 1. The Morgan fingerprint density at radius 1 is 1.05 bits per heavy atom. The highest BCUT2D eigenvalue weighted by molar-refractivity contribution is 8.00. The lowest BCUT2D eigenvalue weighted by atomic mass is 9.96. The van der Waals surface area contributed by atoms with Crippen molar-refractivity contribution in [2.75, 3.05) is 12.0 Å². The second kappa shape index (κ2) is 10.7. The summed E-state index contributed by atoms with van der Waals surface area (Å²) < 4.78 is 5.81. The van der Waals surface area contributed by atoms with Crippen molar-refractivity contribution in [1.82, 2.24) is 15.2 Å². The van der Waals surface area contributed by atoms with E-state index in [9.17, 15) is 14.7 Å². The molecule has 0 saturated carbocycles. The predicted octanol–water partition coefficient (Wildman–Crippen LogP) is 5.51. The Hall–Kier alpha value is -3.73. The number of Topliss-reactive ketones (excluding diaryl/α,β-unsaturated/α-hetero) is 1. The van der Waals surface area contributed by atoms with Gasteiger partial charge in [-0.25, -0.2) is 0 Å². The number of thioether (sulfide) groups is 1. The number of ether oxygens (including phenoxy) is 1. The summed E-state index contributed by atoms with van der Waals surface area (Å²) in [6, 6.07) is 16.6. The Balaban J connectivity index is 1.51. The smallest absolute Gasteiger partial charge is 0.301 e. The molecule has 186 valence electrons. The topological polar surface area (TPSA) is 106 Å². The zero-order valence-corrected chi connectivity index (χ0v) is 21.8. The van der Waals surface area contributed by atoms with Crippen molar-refractivity contribution in [3.63, 3.8) is 0 Å². The van der Waals surface area contributed by atoms with E-state index in [4.69, 9.17) is 16.3 Å². The summed E-state index contributed by atoms with van der Waals surface area (Å²) in [7, 11) is 1.54. The number of methoxy groups -OCH3 is 1. The first-order valence-electron chi connectivity index (χ1n) is 11.0. The van der Waals surface area contributed by atoms with Gasteiger partial charge in [0.2, 0.25) is 5.13 Å². The van der Waals surface area contributed by atoms with Crippen LogP contribution in [0, 0.1) is 0 Å². The third kappa shape index (κ3) is 5.08. The number of halogens is 1. The van der Waals surface area contributed by atoms with E-state index in [1.807, 2.05) is 24.3 Å². The number of pyridine rings is 1. The average Bonchev–Trinajstić information content (AvgIpc) is 3.50. The fourth-order valence-corrected chi connectivity index (χ4v) is 5.83. The number of nitrogens with zero attached hydrogens (tertiary/aromatic N) is 4. The monoisotopic (exact) mass is 550 g/mol. The number of hydrogen-bond acceptors (Lipinski definition) is 9. The third-order valence-corrected chi connectivity index (χ3v) is 8.09. The van der Waals surface area contributed by atoms with Crippen LogP contribution in [0.5, 0.6) is 5.75 Å². The van der Waals surface area contributed by atoms with Gasteiger partial charge in [-0.3, -0.25) is 19.5 Å². The van der Waals surface area contributed by atoms with Crippen LogP contribution in [-0.2, 0) is 15.3 Å². The van der Waals surface area contributed by atoms with Crippen LogP contribution in [0.25, 0.3) is 5.76 Å². The molecule has 8 nitrogen and oxygen atoms in total. The predicted molar refractivity (Wildman–Crippen MR) is 143 cm³/mol. The van der Waals surface area contributed by atoms with E-state index < -0.39 is 17.7 Å². The largest absolute Gasteiger partial charge is 0.507 e. The number of carbonyl (C=O) groups excluding carboxylic acids is 2. The van der Waals surface area contributed by atoms with E-state index in [0.29, 0.717) is 32.0 Å². The Morgan fingerprint density at radius 2 is 1.76 bits per heavy atom. The second-order valence-corrected chi connectivity index (χ2v) is 10.6. The van der Waals surface area contributed by atoms with Crippen molar-refractivity contribution in [2.45, 2.75) is 16.1 Å². The van der Waals surface area contributed by atoms with Crippen LogP contribution in [0.2, 0.25) is 5.02 Å². The molecule has 1 aliphatic heterocycles. The van der Waals surface area contributed by atoms with Crippen LogP contribution in [0.4, 0.5) is 5.13 Å². The van der Waals surface area contributed by atoms with Gasteiger partial charge in [0.1, 0.15) is 11.5 Å². The lowest BCUT2D eigenvalue weighted by Crippen LogP contribution is -2.29. The van der Waals surface area contributed by atoms with E-state index in [2.05, 4.69) is 15.2 Å². The number of hydrogen-bond donors (Lipinski definition) is 1. The summed E-state index contributed by atoms with van der Waals surface area (Å²) in [4.78, 5) is 31.9. The van der Waals surface area contributed by atoms with E-state index >= 15 is 0 Å². The first-order chi connectivity index (χ1) is 18.0. The number of rotatable bonds is 7. The van der Waals surface area contributed by atoms with Gasteiger partial charge in [0.25, 0.3) is 5.78 Å². The van der Waals surface area contributed by atoms with Crippen molar-refractivity contribution in [3.05, 3.63) is 100 Å². The van der Waals surface area contributed by atoms with Crippen LogP contribution in [0.15, 0.2) is 83.0 Å². The Kier molecular flexibility index (Phi) is 7.22. The van der Waals surface area contributed by atoms with Gasteiger partial charge in [0.15, 0.2) is 4.34 Å². The van der Waals surface area contributed by atoms with E-state index in [0.717, 1.165) is 5.56 Å². The highest BCUT2D eigenvalue weighted by atomic mass is 35.5. The SMILES string of the molecule is COc1ccc(/C(O)=C2/C(=O)C(=O)N(c3nnc(SCc4ccc(Cl)cc4)s3)C2c2ccncc2)cc1. The highest BCUT2D eigenvalue weighted by Gasteiger charge is 2.48. The number of anilines is 1. The zero-order chi connectivity index (χ0) is 25.9. The molecule has 4 aromatic rings. The van der Waals surface area contributed by atoms with Crippen molar-refractivity contribution in [2.24, 2.45) is 0 Å². The lowest BCUT2D eigenvalue weighted by molar-refractivity contribution is -0.132. The summed E-state index contributed by atoms with van der Waals surface area (Å²) in [6.07, 6.45) is 3.13. The van der Waals surface area contributed by atoms with Gasteiger partial charge in [-0.1, -0.05) is 46.8 Å². The molecule has 37 heavy (non-hydrogen) atoms. The molecule has 3 heterocycles. The molecule has 1 amide bonds. The van der Waals surface area contributed by atoms with Gasteiger partial charge >= 0.3 is 5.91 Å². The summed E-state index contributed by atoms with van der Waals surface area (Å²) >= 11 is 8.62. The summed E-state index contributed by atoms with van der Waals surface area (Å²) in [5.41, 5.74) is 2.01. The standard InChI is InChI=1S/C26H19ClN4O4S2/c1-35-19-8-4-17(5-9-19)22(32)20-21(16-10-12-28-13-11-16)31(24(34)23(20)33)25-29-30-26(37-25)36-14-15-2-6-18(27)7-3-15/h2-13,21,32H,14H2,1H3/b22-20-. The van der Waals surface area contributed by atoms with Crippen LogP contribution in [0.3, 0.4) is 0 Å². The van der Waals surface area contributed by atoms with Gasteiger partial charge in [-0.2, -0.15) is 0 Å². The molecular formula is C26H19ClN4O4S2. The molecule has 0 aliphatic carbocycles. The van der Waals surface area contributed by atoms with Crippen LogP contribution < -0.4 is 9.64 Å². The molecule has 5 rings (SSSR count). The van der Waals surface area contributed by atoms with Crippen LogP contribution in [0.1, 0.15) is 22.7 Å². The van der Waals surface area contributed by atoms with Crippen molar-refractivity contribution < 1.29 is 19.4 Å². The minimum Gasteiger partial charge on any atom is -0.507 e. The number of amides is 1. The molecule has 2 aromatic carbocycles. The molecule has 1 fully saturated rings. The molecule has 11 heteroatoms. The van der Waals surface area contributed by atoms with Gasteiger partial charge in [-0.15, -0.1) is 10.2 Å². The Bertz CT molecular complexity index is 1470. The fourth-order valence-electron chi connectivity index (χ4n) is 3.88. The second-order valence-electron chi connectivity index (χ2n) is 7.94. The average molecular weight is 551 g/mol. The zero-order valence-electron chi connectivity index (χ0n) is 19.4. The molecule has 1 N–H and O–H groups in total. The number of aliphatic hydroxyl groups is 1. The normalized spacial score (nSPS) is 16.8. The van der Waals surface area contributed by atoms with Crippen LogP contribution >= 0.6 is 34.7 Å². The summed E-state index contributed by atoms with van der Waals surface area (Å²) in [5.74, 6) is -0.647. The molecule has 1 saturated heterocycles. The van der Waals surface area contributed by atoms with Crippen molar-refractivity contribution >= 4 is 57.3 Å². The lowest BCUT2D eigenvalue weighted by Gasteiger charge is -2.22. The number of aliphatic hydroxyl groups excluding tert-OH is 1. The summed E-state index contributed by atoms with van der Waals surface area (Å²) in [5, 5.41) is 20.5. The minimum atomic E-state index is -0.896. The maximum Gasteiger partial charge on any atom is 0.301 e. The van der Waals surface area contributed by atoms with Gasteiger partial charge < -0.3 is 9.84 Å². The third-order valence-electron chi connectivity index (χ3n) is 5.71. The van der Waals surface area contributed by atoms with Gasteiger partial charge in [0, 0.05) is 28.7 Å². The van der Waals surface area contributed by atoms with Crippen molar-refractivity contribution in [3.8, 4) is 5.75 Å². The molecule has 1 aliphatic rings. The fraction of sp³-hybridized carbons (Fsp3) is 0.115. The summed E-state index contributed by atoms with van der Waals surface area (Å²) in [6.45, 7) is 0. The van der Waals surface area contributed by atoms with E-state index in [-0.39, 0.29) is 16.5 Å². The molecule has 0 radical (unpaired) electrons. The molecule has 0 spiro atoms. The highest BCUT2D eigenvalue weighted by Crippen LogP contribution is 2.44. The first-order valence-corrected chi connectivity index (χ1v) is 13.2. The van der Waals surface area contributed by atoms with Crippen molar-refractivity contribution in [1.29, 1.82) is 0 Å². The Morgan fingerprint density at radius 3 is 2.43 bits per heavy atom. The number of aromatic nitrogens is 3.